The van der Waals surface area contributed by atoms with E-state index in [-0.39, 0.29) is 5.91 Å². The summed E-state index contributed by atoms with van der Waals surface area (Å²) in [5, 5.41) is 4.79. The Balaban J connectivity index is 1.48. The van der Waals surface area contributed by atoms with Crippen LogP contribution in [0.25, 0.3) is 0 Å². The molecule has 1 aliphatic rings. The molecule has 0 radical (unpaired) electrons. The molecule has 2 heterocycles. The maximum atomic E-state index is 12.4. The second-order valence-electron chi connectivity index (χ2n) is 6.45. The quantitative estimate of drug-likeness (QED) is 0.799. The zero-order chi connectivity index (χ0) is 17.6. The number of rotatable bonds is 7. The van der Waals surface area contributed by atoms with Crippen LogP contribution < -0.4 is 5.32 Å². The van der Waals surface area contributed by atoms with Crippen molar-refractivity contribution in [2.45, 2.75) is 32.6 Å². The first-order chi connectivity index (χ1) is 12.1. The Labute approximate surface area is 158 Å². The van der Waals surface area contributed by atoms with E-state index >= 15 is 0 Å². The number of amides is 1. The standard InChI is InChI=1S/C19H24ClN3OS/c1-14-18(25-17(22-14)9-13-23-11-2-3-12-23)19(24)21-10-8-15-4-6-16(20)7-5-15/h4-7H,2-3,8-13H2,1H3,(H,21,24). The van der Waals surface area contributed by atoms with Crippen molar-refractivity contribution in [2.75, 3.05) is 26.2 Å². The zero-order valence-electron chi connectivity index (χ0n) is 14.6. The van der Waals surface area contributed by atoms with E-state index in [0.29, 0.717) is 6.54 Å². The lowest BCUT2D eigenvalue weighted by molar-refractivity contribution is 0.0957. The van der Waals surface area contributed by atoms with Gasteiger partial charge in [-0.1, -0.05) is 23.7 Å². The number of carbonyl (C=O) groups excluding carboxylic acids is 1. The highest BCUT2D eigenvalue weighted by Crippen LogP contribution is 2.19. The molecular formula is C19H24ClN3OS. The van der Waals surface area contributed by atoms with Gasteiger partial charge in [-0.05, 0) is 57.0 Å². The molecule has 1 fully saturated rings. The fraction of sp³-hybridized carbons (Fsp3) is 0.474. The number of nitrogens with one attached hydrogen (secondary N) is 1. The molecule has 25 heavy (non-hydrogen) atoms. The minimum atomic E-state index is -0.0172. The van der Waals surface area contributed by atoms with E-state index < -0.39 is 0 Å². The van der Waals surface area contributed by atoms with Gasteiger partial charge in [-0.15, -0.1) is 11.3 Å². The van der Waals surface area contributed by atoms with Gasteiger partial charge in [0.25, 0.3) is 5.91 Å². The van der Waals surface area contributed by atoms with Crippen LogP contribution in [0.4, 0.5) is 0 Å². The van der Waals surface area contributed by atoms with E-state index in [2.05, 4.69) is 15.2 Å². The molecule has 1 N–H and O–H groups in total. The van der Waals surface area contributed by atoms with Gasteiger partial charge in [0.1, 0.15) is 4.88 Å². The van der Waals surface area contributed by atoms with Crippen LogP contribution in [0.1, 0.15) is 38.8 Å². The summed E-state index contributed by atoms with van der Waals surface area (Å²) in [6, 6.07) is 7.73. The predicted octanol–water partition coefficient (Wildman–Crippen LogP) is 3.72. The summed E-state index contributed by atoms with van der Waals surface area (Å²) < 4.78 is 0. The highest BCUT2D eigenvalue weighted by Gasteiger charge is 2.16. The summed E-state index contributed by atoms with van der Waals surface area (Å²) in [4.78, 5) is 20.2. The number of carbonyl (C=O) groups is 1. The van der Waals surface area contributed by atoms with Gasteiger partial charge in [0.05, 0.1) is 10.7 Å². The van der Waals surface area contributed by atoms with Crippen LogP contribution in [0, 0.1) is 6.92 Å². The number of halogens is 1. The van der Waals surface area contributed by atoms with E-state index in [1.165, 1.54) is 37.3 Å². The van der Waals surface area contributed by atoms with Crippen LogP contribution >= 0.6 is 22.9 Å². The third-order valence-electron chi connectivity index (χ3n) is 4.50. The maximum Gasteiger partial charge on any atom is 0.263 e. The van der Waals surface area contributed by atoms with Crippen LogP contribution in [0.5, 0.6) is 0 Å². The molecule has 0 spiro atoms. The van der Waals surface area contributed by atoms with Gasteiger partial charge in [-0.25, -0.2) is 4.98 Å². The molecular weight excluding hydrogens is 354 g/mol. The fourth-order valence-electron chi connectivity index (χ4n) is 3.08. The lowest BCUT2D eigenvalue weighted by Crippen LogP contribution is -2.25. The molecule has 1 saturated heterocycles. The first-order valence-electron chi connectivity index (χ1n) is 8.83. The van der Waals surface area contributed by atoms with Crippen LogP contribution in [-0.4, -0.2) is 42.0 Å². The molecule has 1 amide bonds. The van der Waals surface area contributed by atoms with Gasteiger partial charge in [0, 0.05) is 24.5 Å². The molecule has 1 aliphatic heterocycles. The smallest absolute Gasteiger partial charge is 0.263 e. The van der Waals surface area contributed by atoms with Crippen molar-refractivity contribution in [1.29, 1.82) is 0 Å². The minimum absolute atomic E-state index is 0.0172. The Kier molecular flexibility index (Phi) is 6.45. The third kappa shape index (κ3) is 5.27. The molecule has 0 bridgehead atoms. The van der Waals surface area contributed by atoms with E-state index in [9.17, 15) is 4.79 Å². The van der Waals surface area contributed by atoms with Gasteiger partial charge < -0.3 is 10.2 Å². The lowest BCUT2D eigenvalue weighted by atomic mass is 10.1. The van der Waals surface area contributed by atoms with Gasteiger partial charge in [0.2, 0.25) is 0 Å². The summed E-state index contributed by atoms with van der Waals surface area (Å²) >= 11 is 7.42. The number of aryl methyl sites for hydroxylation is 1. The molecule has 3 rings (SSSR count). The number of aromatic nitrogens is 1. The topological polar surface area (TPSA) is 45.2 Å². The van der Waals surface area contributed by atoms with E-state index in [1.54, 1.807) is 0 Å². The molecule has 0 aliphatic carbocycles. The Morgan fingerprint density at radius 3 is 2.68 bits per heavy atom. The summed E-state index contributed by atoms with van der Waals surface area (Å²) in [5.41, 5.74) is 2.00. The van der Waals surface area contributed by atoms with Gasteiger partial charge in [-0.3, -0.25) is 4.79 Å². The normalized spacial score (nSPS) is 14.8. The molecule has 1 aromatic heterocycles. The Hall–Kier alpha value is -1.43. The summed E-state index contributed by atoms with van der Waals surface area (Å²) in [7, 11) is 0. The molecule has 134 valence electrons. The largest absolute Gasteiger partial charge is 0.351 e. The van der Waals surface area contributed by atoms with Crippen molar-refractivity contribution < 1.29 is 4.79 Å². The predicted molar refractivity (Wildman–Crippen MR) is 104 cm³/mol. The molecule has 4 nitrogen and oxygen atoms in total. The lowest BCUT2D eigenvalue weighted by Gasteiger charge is -2.12. The monoisotopic (exact) mass is 377 g/mol. The minimum Gasteiger partial charge on any atom is -0.351 e. The van der Waals surface area contributed by atoms with Crippen LogP contribution in [-0.2, 0) is 12.8 Å². The zero-order valence-corrected chi connectivity index (χ0v) is 16.1. The Morgan fingerprint density at radius 2 is 1.96 bits per heavy atom. The number of thiazole rings is 1. The summed E-state index contributed by atoms with van der Waals surface area (Å²) in [6.07, 6.45) is 4.34. The SMILES string of the molecule is Cc1nc(CCN2CCCC2)sc1C(=O)NCCc1ccc(Cl)cc1. The highest BCUT2D eigenvalue weighted by molar-refractivity contribution is 7.13. The molecule has 0 unspecified atom stereocenters. The number of nitrogens with zero attached hydrogens (tertiary/aromatic N) is 2. The molecule has 2 aromatic rings. The number of benzene rings is 1. The fourth-order valence-corrected chi connectivity index (χ4v) is 4.18. The number of likely N-dealkylation sites (tertiary alicyclic amines) is 1. The van der Waals surface area contributed by atoms with Crippen molar-refractivity contribution in [3.05, 3.63) is 50.4 Å². The summed E-state index contributed by atoms with van der Waals surface area (Å²) in [5.74, 6) is -0.0172. The average molecular weight is 378 g/mol. The molecule has 0 atom stereocenters. The number of hydrogen-bond acceptors (Lipinski definition) is 4. The van der Waals surface area contributed by atoms with Crippen molar-refractivity contribution >= 4 is 28.8 Å². The third-order valence-corrected chi connectivity index (χ3v) is 5.97. The molecule has 6 heteroatoms. The van der Waals surface area contributed by atoms with Gasteiger partial charge in [-0.2, -0.15) is 0 Å². The molecule has 1 aromatic carbocycles. The van der Waals surface area contributed by atoms with Gasteiger partial charge >= 0.3 is 0 Å². The van der Waals surface area contributed by atoms with E-state index in [0.717, 1.165) is 45.6 Å². The van der Waals surface area contributed by atoms with Gasteiger partial charge in [0.15, 0.2) is 0 Å². The second-order valence-corrected chi connectivity index (χ2v) is 7.97. The first kappa shape index (κ1) is 18.4. The Morgan fingerprint density at radius 1 is 1.24 bits per heavy atom. The van der Waals surface area contributed by atoms with Crippen LogP contribution in [0.15, 0.2) is 24.3 Å². The van der Waals surface area contributed by atoms with E-state index in [1.807, 2.05) is 31.2 Å². The van der Waals surface area contributed by atoms with Crippen LogP contribution in [0.2, 0.25) is 5.02 Å². The molecule has 0 saturated carbocycles. The van der Waals surface area contributed by atoms with Crippen LogP contribution in [0.3, 0.4) is 0 Å². The maximum absolute atomic E-state index is 12.4. The van der Waals surface area contributed by atoms with E-state index in [4.69, 9.17) is 11.6 Å². The van der Waals surface area contributed by atoms with Crippen molar-refractivity contribution in [3.8, 4) is 0 Å². The Bertz CT molecular complexity index is 708. The summed E-state index contributed by atoms with van der Waals surface area (Å²) in [6.45, 7) is 5.97. The van der Waals surface area contributed by atoms with Crippen molar-refractivity contribution in [1.82, 2.24) is 15.2 Å². The second kappa shape index (κ2) is 8.79. The van der Waals surface area contributed by atoms with Crippen molar-refractivity contribution in [2.24, 2.45) is 0 Å². The van der Waals surface area contributed by atoms with Crippen molar-refractivity contribution in [3.63, 3.8) is 0 Å². The number of hydrogen-bond donors (Lipinski definition) is 1. The first-order valence-corrected chi connectivity index (χ1v) is 10.0. The highest BCUT2D eigenvalue weighted by atomic mass is 35.5. The average Bonchev–Trinajstić information content (AvgIpc) is 3.24.